The second-order valence-electron chi connectivity index (χ2n) is 6.22. The first-order chi connectivity index (χ1) is 12.7. The van der Waals surface area contributed by atoms with E-state index in [1.807, 2.05) is 6.07 Å². The number of benzene rings is 2. The van der Waals surface area contributed by atoms with Crippen molar-refractivity contribution in [3.63, 3.8) is 0 Å². The summed E-state index contributed by atoms with van der Waals surface area (Å²) in [6.45, 7) is 7.90. The summed E-state index contributed by atoms with van der Waals surface area (Å²) in [4.78, 5) is 23.2. The van der Waals surface area contributed by atoms with Gasteiger partial charge in [-0.1, -0.05) is 38.1 Å². The van der Waals surface area contributed by atoms with Crippen LogP contribution in [0.1, 0.15) is 35.3 Å². The van der Waals surface area contributed by atoms with Crippen LogP contribution in [0.25, 0.3) is 11.0 Å². The zero-order chi connectivity index (χ0) is 18.4. The highest BCUT2D eigenvalue weighted by atomic mass is 16.1. The summed E-state index contributed by atoms with van der Waals surface area (Å²) in [6.07, 6.45) is 3.27. The first-order valence-corrected chi connectivity index (χ1v) is 8.98. The largest absolute Gasteiger partial charge is 0.348 e. The summed E-state index contributed by atoms with van der Waals surface area (Å²) in [7, 11) is 0. The minimum Gasteiger partial charge on any atom is -0.348 e. The molecule has 0 fully saturated rings. The molecule has 0 aliphatic carbocycles. The predicted octanol–water partition coefficient (Wildman–Crippen LogP) is 3.40. The van der Waals surface area contributed by atoms with Crippen LogP contribution in [0.2, 0.25) is 0 Å². The molecule has 1 N–H and O–H groups in total. The number of carbonyl (C=O) groups is 1. The van der Waals surface area contributed by atoms with Gasteiger partial charge in [0.2, 0.25) is 0 Å². The number of hydrogen-bond donors (Lipinski definition) is 1. The molecule has 0 aliphatic rings. The van der Waals surface area contributed by atoms with Crippen LogP contribution in [0.4, 0.5) is 0 Å². The molecule has 0 unspecified atom stereocenters. The Kier molecular flexibility index (Phi) is 5.92. The highest BCUT2D eigenvalue weighted by molar-refractivity contribution is 5.97. The van der Waals surface area contributed by atoms with Crippen LogP contribution in [0.5, 0.6) is 0 Å². The van der Waals surface area contributed by atoms with E-state index in [9.17, 15) is 4.79 Å². The Balaban J connectivity index is 1.60. The van der Waals surface area contributed by atoms with Crippen molar-refractivity contribution in [3.8, 4) is 0 Å². The minimum atomic E-state index is -0.107. The van der Waals surface area contributed by atoms with Gasteiger partial charge in [-0.2, -0.15) is 0 Å². The van der Waals surface area contributed by atoms with Gasteiger partial charge in [-0.3, -0.25) is 19.7 Å². The fourth-order valence-electron chi connectivity index (χ4n) is 2.86. The van der Waals surface area contributed by atoms with E-state index in [1.165, 1.54) is 5.56 Å². The van der Waals surface area contributed by atoms with E-state index < -0.39 is 0 Å². The Morgan fingerprint density at radius 2 is 1.58 bits per heavy atom. The van der Waals surface area contributed by atoms with Crippen LogP contribution in [0.3, 0.4) is 0 Å². The van der Waals surface area contributed by atoms with Crippen molar-refractivity contribution < 1.29 is 4.79 Å². The average molecular weight is 348 g/mol. The van der Waals surface area contributed by atoms with Gasteiger partial charge in [0.15, 0.2) is 0 Å². The van der Waals surface area contributed by atoms with E-state index in [0.717, 1.165) is 36.2 Å². The third-order valence-corrected chi connectivity index (χ3v) is 4.51. The van der Waals surface area contributed by atoms with Crippen LogP contribution in [-0.2, 0) is 13.1 Å². The van der Waals surface area contributed by atoms with Crippen molar-refractivity contribution in [1.82, 2.24) is 20.2 Å². The Bertz CT molecular complexity index is 873. The molecule has 0 bridgehead atoms. The maximum Gasteiger partial charge on any atom is 0.251 e. The van der Waals surface area contributed by atoms with Gasteiger partial charge < -0.3 is 5.32 Å². The maximum atomic E-state index is 12.4. The molecule has 0 aliphatic heterocycles. The Morgan fingerprint density at radius 1 is 0.923 bits per heavy atom. The van der Waals surface area contributed by atoms with Crippen molar-refractivity contribution in [1.29, 1.82) is 0 Å². The number of carbonyl (C=O) groups excluding carboxylic acids is 1. The fourth-order valence-corrected chi connectivity index (χ4v) is 2.86. The Morgan fingerprint density at radius 3 is 2.27 bits per heavy atom. The van der Waals surface area contributed by atoms with Gasteiger partial charge in [0, 0.05) is 31.0 Å². The van der Waals surface area contributed by atoms with Gasteiger partial charge in [-0.25, -0.2) is 0 Å². The lowest BCUT2D eigenvalue weighted by atomic mass is 10.1. The number of rotatable bonds is 7. The standard InChI is InChI=1S/C21H24N4O/c1-3-25(4-2)15-17-7-5-16(6-8-17)14-24-21(26)18-9-10-19-20(13-18)23-12-11-22-19/h5-13H,3-4,14-15H2,1-2H3,(H,24,26). The lowest BCUT2D eigenvalue weighted by Crippen LogP contribution is -2.23. The zero-order valence-corrected chi connectivity index (χ0v) is 15.3. The molecule has 26 heavy (non-hydrogen) atoms. The van der Waals surface area contributed by atoms with E-state index in [1.54, 1.807) is 24.5 Å². The third kappa shape index (κ3) is 4.43. The molecular weight excluding hydrogens is 324 g/mol. The average Bonchev–Trinajstić information content (AvgIpc) is 2.70. The summed E-state index contributed by atoms with van der Waals surface area (Å²) in [6, 6.07) is 13.8. The molecule has 0 spiro atoms. The molecule has 1 amide bonds. The van der Waals surface area contributed by atoms with Gasteiger partial charge in [-0.05, 0) is 42.4 Å². The van der Waals surface area contributed by atoms with Gasteiger partial charge in [0.1, 0.15) is 0 Å². The van der Waals surface area contributed by atoms with Gasteiger partial charge in [0.05, 0.1) is 11.0 Å². The summed E-state index contributed by atoms with van der Waals surface area (Å²) in [5.41, 5.74) is 4.48. The number of nitrogens with one attached hydrogen (secondary N) is 1. The maximum absolute atomic E-state index is 12.4. The molecule has 0 saturated carbocycles. The second-order valence-corrected chi connectivity index (χ2v) is 6.22. The van der Waals surface area contributed by atoms with Crippen molar-refractivity contribution >= 4 is 16.9 Å². The molecule has 1 aromatic heterocycles. The molecule has 0 saturated heterocycles. The van der Waals surface area contributed by atoms with Crippen molar-refractivity contribution in [2.75, 3.05) is 13.1 Å². The lowest BCUT2D eigenvalue weighted by Gasteiger charge is -2.18. The summed E-state index contributed by atoms with van der Waals surface area (Å²) in [5.74, 6) is -0.107. The highest BCUT2D eigenvalue weighted by Crippen LogP contribution is 2.12. The predicted molar refractivity (Wildman–Crippen MR) is 104 cm³/mol. The molecule has 3 rings (SSSR count). The smallest absolute Gasteiger partial charge is 0.251 e. The number of amides is 1. The monoisotopic (exact) mass is 348 g/mol. The van der Waals surface area contributed by atoms with Crippen LogP contribution in [0, 0.1) is 0 Å². The third-order valence-electron chi connectivity index (χ3n) is 4.51. The Labute approximate surface area is 154 Å². The molecule has 134 valence electrons. The first kappa shape index (κ1) is 18.0. The van der Waals surface area contributed by atoms with Gasteiger partial charge in [-0.15, -0.1) is 0 Å². The van der Waals surface area contributed by atoms with E-state index in [0.29, 0.717) is 12.1 Å². The molecule has 5 heteroatoms. The molecule has 5 nitrogen and oxygen atoms in total. The van der Waals surface area contributed by atoms with Crippen molar-refractivity contribution in [2.45, 2.75) is 26.9 Å². The molecular formula is C21H24N4O. The minimum absolute atomic E-state index is 0.107. The highest BCUT2D eigenvalue weighted by Gasteiger charge is 2.07. The van der Waals surface area contributed by atoms with Crippen LogP contribution in [-0.4, -0.2) is 33.9 Å². The van der Waals surface area contributed by atoms with Crippen LogP contribution in [0.15, 0.2) is 54.9 Å². The van der Waals surface area contributed by atoms with Crippen molar-refractivity contribution in [2.24, 2.45) is 0 Å². The molecule has 2 aromatic carbocycles. The number of aromatic nitrogens is 2. The van der Waals surface area contributed by atoms with Crippen molar-refractivity contribution in [3.05, 3.63) is 71.5 Å². The first-order valence-electron chi connectivity index (χ1n) is 8.98. The zero-order valence-electron chi connectivity index (χ0n) is 15.3. The molecule has 1 heterocycles. The topological polar surface area (TPSA) is 58.1 Å². The second kappa shape index (κ2) is 8.54. The normalized spacial score (nSPS) is 11.0. The number of nitrogens with zero attached hydrogens (tertiary/aromatic N) is 3. The summed E-state index contributed by atoms with van der Waals surface area (Å²) in [5, 5.41) is 2.96. The van der Waals surface area contributed by atoms with Gasteiger partial charge >= 0.3 is 0 Å². The van der Waals surface area contributed by atoms with Crippen LogP contribution >= 0.6 is 0 Å². The van der Waals surface area contributed by atoms with E-state index in [-0.39, 0.29) is 5.91 Å². The summed E-state index contributed by atoms with van der Waals surface area (Å²) >= 11 is 0. The van der Waals surface area contributed by atoms with E-state index >= 15 is 0 Å². The van der Waals surface area contributed by atoms with Gasteiger partial charge in [0.25, 0.3) is 5.91 Å². The molecule has 0 atom stereocenters. The summed E-state index contributed by atoms with van der Waals surface area (Å²) < 4.78 is 0. The lowest BCUT2D eigenvalue weighted by molar-refractivity contribution is 0.0951. The quantitative estimate of drug-likeness (QED) is 0.711. The number of hydrogen-bond acceptors (Lipinski definition) is 4. The molecule has 0 radical (unpaired) electrons. The molecule has 3 aromatic rings. The number of fused-ring (bicyclic) bond motifs is 1. The SMILES string of the molecule is CCN(CC)Cc1ccc(CNC(=O)c2ccc3nccnc3c2)cc1. The van der Waals surface area contributed by atoms with Crippen LogP contribution < -0.4 is 5.32 Å². The van der Waals surface area contributed by atoms with E-state index in [4.69, 9.17) is 0 Å². The fraction of sp³-hybridized carbons (Fsp3) is 0.286. The van der Waals surface area contributed by atoms with E-state index in [2.05, 4.69) is 58.3 Å². The Hall–Kier alpha value is -2.79.